The number of hydrogen-bond donors (Lipinski definition) is 0. The van der Waals surface area contributed by atoms with Crippen LogP contribution in [0, 0.1) is 5.21 Å². The molecule has 0 aromatic rings. The normalized spacial score (nSPS) is 23.0. The van der Waals surface area contributed by atoms with Crippen LogP contribution in [0.4, 0.5) is 0 Å². The van der Waals surface area contributed by atoms with E-state index in [4.69, 9.17) is 4.84 Å². The summed E-state index contributed by atoms with van der Waals surface area (Å²) in [4.78, 5) is 8.76. The van der Waals surface area contributed by atoms with Crippen molar-refractivity contribution in [3.05, 3.63) is 5.21 Å². The van der Waals surface area contributed by atoms with Crippen LogP contribution in [0.25, 0.3) is 0 Å². The maximum Gasteiger partial charge on any atom is 0.233 e. The Kier molecular flexibility index (Phi) is 6.50. The average Bonchev–Trinajstić information content (AvgIpc) is 2.53. The predicted molar refractivity (Wildman–Crippen MR) is 90.7 cm³/mol. The first kappa shape index (κ1) is 18.3. The van der Waals surface area contributed by atoms with Gasteiger partial charge < -0.3 is 14.9 Å². The van der Waals surface area contributed by atoms with Crippen molar-refractivity contribution in [2.75, 3.05) is 19.6 Å². The first-order valence-corrected chi connectivity index (χ1v) is 9.27. The van der Waals surface area contributed by atoms with Crippen molar-refractivity contribution < 1.29 is 9.81 Å². The molecule has 1 saturated heterocycles. The van der Waals surface area contributed by atoms with Crippen molar-refractivity contribution >= 4 is 0 Å². The number of nitrogens with zero attached hydrogens (tertiary/aromatic N) is 4. The Labute approximate surface area is 141 Å². The van der Waals surface area contributed by atoms with Crippen LogP contribution in [0.15, 0.2) is 5.28 Å². The lowest BCUT2D eigenvalue weighted by atomic mass is 9.92. The monoisotopic (exact) mass is 326 g/mol. The lowest BCUT2D eigenvalue weighted by Gasteiger charge is -2.38. The Morgan fingerprint density at radius 3 is 2.26 bits per heavy atom. The molecule has 0 spiro atoms. The minimum atomic E-state index is -0.256. The van der Waals surface area contributed by atoms with Gasteiger partial charge in [-0.25, -0.2) is 0 Å². The van der Waals surface area contributed by atoms with E-state index in [1.54, 1.807) is 5.01 Å². The van der Waals surface area contributed by atoms with E-state index >= 15 is 0 Å². The second-order valence-electron chi connectivity index (χ2n) is 7.85. The molecule has 0 unspecified atom stereocenters. The molecular formula is C17H34N4O2. The lowest BCUT2D eigenvalue weighted by molar-refractivity contribution is -0.725. The van der Waals surface area contributed by atoms with E-state index in [9.17, 15) is 5.21 Å². The molecule has 0 aromatic heterocycles. The highest BCUT2D eigenvalue weighted by molar-refractivity contribution is 4.80. The van der Waals surface area contributed by atoms with Gasteiger partial charge in [-0.1, -0.05) is 19.3 Å². The van der Waals surface area contributed by atoms with Crippen LogP contribution >= 0.6 is 0 Å². The van der Waals surface area contributed by atoms with Crippen LogP contribution in [0.1, 0.15) is 72.6 Å². The van der Waals surface area contributed by atoms with E-state index in [0.29, 0.717) is 11.5 Å². The molecule has 0 atom stereocenters. The lowest BCUT2D eigenvalue weighted by Crippen LogP contribution is -2.46. The van der Waals surface area contributed by atoms with E-state index in [1.807, 2.05) is 27.7 Å². The number of piperidine rings is 1. The zero-order valence-electron chi connectivity index (χ0n) is 15.3. The third kappa shape index (κ3) is 5.23. The predicted octanol–water partition coefficient (Wildman–Crippen LogP) is 3.71. The van der Waals surface area contributed by atoms with Crippen molar-refractivity contribution in [3.63, 3.8) is 0 Å². The fourth-order valence-corrected chi connectivity index (χ4v) is 3.80. The molecular weight excluding hydrogens is 292 g/mol. The summed E-state index contributed by atoms with van der Waals surface area (Å²) in [6.07, 6.45) is 8.86. The molecule has 23 heavy (non-hydrogen) atoms. The maximum atomic E-state index is 12.1. The smallest absolute Gasteiger partial charge is 0.233 e. The SMILES string of the molecule is CCN(/[N+]([O-])=N/OC1CCN(C2CCCCC2)CC1)C(C)(C)C. The Balaban J connectivity index is 1.78. The molecule has 2 aliphatic rings. The fraction of sp³-hybridized carbons (Fsp3) is 1.00. The molecule has 134 valence electrons. The van der Waals surface area contributed by atoms with E-state index in [2.05, 4.69) is 10.2 Å². The Morgan fingerprint density at radius 2 is 1.74 bits per heavy atom. The average molecular weight is 326 g/mol. The number of hydrazine groups is 1. The molecule has 2 fully saturated rings. The van der Waals surface area contributed by atoms with Gasteiger partial charge >= 0.3 is 0 Å². The molecule has 1 aliphatic carbocycles. The third-order valence-corrected chi connectivity index (χ3v) is 5.11. The minimum Gasteiger partial charge on any atom is -0.569 e. The second kappa shape index (κ2) is 8.18. The molecule has 0 radical (unpaired) electrons. The van der Waals surface area contributed by atoms with Crippen molar-refractivity contribution in [1.82, 2.24) is 9.91 Å². The zero-order chi connectivity index (χ0) is 16.9. The third-order valence-electron chi connectivity index (χ3n) is 5.11. The summed E-state index contributed by atoms with van der Waals surface area (Å²) in [5, 5.41) is 17.6. The van der Waals surface area contributed by atoms with E-state index < -0.39 is 0 Å². The second-order valence-corrected chi connectivity index (χ2v) is 7.85. The van der Waals surface area contributed by atoms with Crippen LogP contribution in [0.5, 0.6) is 0 Å². The van der Waals surface area contributed by atoms with Crippen LogP contribution in [0.3, 0.4) is 0 Å². The number of likely N-dealkylation sites (tertiary alicyclic amines) is 1. The van der Waals surface area contributed by atoms with E-state index in [-0.39, 0.29) is 11.6 Å². The van der Waals surface area contributed by atoms with E-state index in [0.717, 1.165) is 32.0 Å². The number of hydrogen-bond acceptors (Lipinski definition) is 4. The minimum absolute atomic E-state index is 0.0740. The standard InChI is InChI=1S/C17H34N4O2/c1-5-20(17(2,3)4)21(22)18-23-16-11-13-19(14-12-16)15-9-7-6-8-10-15/h15-16H,5-14H2,1-4H3/b21-18-. The van der Waals surface area contributed by atoms with Crippen LogP contribution in [-0.4, -0.2) is 52.2 Å². The van der Waals surface area contributed by atoms with Gasteiger partial charge in [-0.15, -0.1) is 5.01 Å². The zero-order valence-corrected chi connectivity index (χ0v) is 15.3. The molecule has 1 saturated carbocycles. The van der Waals surface area contributed by atoms with Gasteiger partial charge in [-0.2, -0.15) is 0 Å². The van der Waals surface area contributed by atoms with E-state index in [1.165, 1.54) is 32.1 Å². The summed E-state index contributed by atoms with van der Waals surface area (Å²) in [6.45, 7) is 10.7. The molecule has 6 heteroatoms. The molecule has 1 aliphatic heterocycles. The van der Waals surface area contributed by atoms with Crippen molar-refractivity contribution in [2.45, 2.75) is 90.3 Å². The van der Waals surface area contributed by atoms with Gasteiger partial charge in [0.1, 0.15) is 6.10 Å². The summed E-state index contributed by atoms with van der Waals surface area (Å²) < 4.78 is 0. The summed E-state index contributed by atoms with van der Waals surface area (Å²) >= 11 is 0. The van der Waals surface area contributed by atoms with Gasteiger partial charge in [0.25, 0.3) is 0 Å². The van der Waals surface area contributed by atoms with Gasteiger partial charge in [0.05, 0.1) is 17.1 Å². The largest absolute Gasteiger partial charge is 0.569 e. The Bertz CT molecular complexity index is 381. The van der Waals surface area contributed by atoms with Crippen LogP contribution in [-0.2, 0) is 4.84 Å². The summed E-state index contributed by atoms with van der Waals surface area (Å²) in [7, 11) is 0. The highest BCUT2D eigenvalue weighted by Crippen LogP contribution is 2.26. The van der Waals surface area contributed by atoms with Crippen LogP contribution < -0.4 is 0 Å². The summed E-state index contributed by atoms with van der Waals surface area (Å²) in [6, 6.07) is 0.772. The van der Waals surface area contributed by atoms with Gasteiger partial charge in [0.15, 0.2) is 0 Å². The molecule has 6 nitrogen and oxygen atoms in total. The first-order chi connectivity index (χ1) is 10.9. The highest BCUT2D eigenvalue weighted by atomic mass is 16.7. The molecule has 1 heterocycles. The summed E-state index contributed by atoms with van der Waals surface area (Å²) in [5.74, 6) is 0. The Morgan fingerprint density at radius 1 is 1.13 bits per heavy atom. The van der Waals surface area contributed by atoms with Crippen molar-refractivity contribution in [2.24, 2.45) is 5.28 Å². The van der Waals surface area contributed by atoms with Gasteiger partial charge in [0.2, 0.25) is 5.28 Å². The fourth-order valence-electron chi connectivity index (χ4n) is 3.80. The molecule has 0 amide bonds. The molecule has 0 aromatic carbocycles. The molecule has 0 N–H and O–H groups in total. The number of rotatable bonds is 5. The maximum absolute atomic E-state index is 12.1. The van der Waals surface area contributed by atoms with Crippen LogP contribution in [0.2, 0.25) is 0 Å². The topological polar surface area (TPSA) is 54.1 Å². The Hall–Kier alpha value is -1.04. The summed E-state index contributed by atoms with van der Waals surface area (Å²) in [5.41, 5.74) is -0.256. The first-order valence-electron chi connectivity index (χ1n) is 9.27. The van der Waals surface area contributed by atoms with Gasteiger partial charge in [-0.3, -0.25) is 0 Å². The highest BCUT2D eigenvalue weighted by Gasteiger charge is 2.29. The van der Waals surface area contributed by atoms with Crippen molar-refractivity contribution in [3.8, 4) is 0 Å². The molecule has 0 bridgehead atoms. The quantitative estimate of drug-likeness (QED) is 0.439. The molecule has 2 rings (SSSR count). The van der Waals surface area contributed by atoms with Gasteiger partial charge in [0, 0.05) is 19.1 Å². The van der Waals surface area contributed by atoms with Gasteiger partial charge in [-0.05, 0) is 53.4 Å². The van der Waals surface area contributed by atoms with Crippen molar-refractivity contribution in [1.29, 1.82) is 0 Å².